The molecule has 3 heterocycles. The third kappa shape index (κ3) is 3.40. The van der Waals surface area contributed by atoms with Crippen LogP contribution in [0.15, 0.2) is 36.7 Å². The van der Waals surface area contributed by atoms with Crippen molar-refractivity contribution >= 4 is 34.7 Å². The van der Waals surface area contributed by atoms with Crippen molar-refractivity contribution in [3.8, 4) is 0 Å². The number of carbonyl (C=O) groups excluding carboxylic acids is 1. The summed E-state index contributed by atoms with van der Waals surface area (Å²) in [6.07, 6.45) is 8.28. The van der Waals surface area contributed by atoms with E-state index in [1.165, 1.54) is 24.1 Å². The minimum Gasteiger partial charge on any atom is -0.351 e. The lowest BCUT2D eigenvalue weighted by Crippen LogP contribution is -2.50. The molecule has 150 valence electrons. The van der Waals surface area contributed by atoms with Gasteiger partial charge >= 0.3 is 6.03 Å². The van der Waals surface area contributed by atoms with Crippen molar-refractivity contribution in [2.24, 2.45) is 0 Å². The Kier molecular flexibility index (Phi) is 4.75. The van der Waals surface area contributed by atoms with Crippen LogP contribution in [0.25, 0.3) is 5.52 Å². The Bertz CT molecular complexity index is 1060. The van der Waals surface area contributed by atoms with E-state index in [1.807, 2.05) is 40.0 Å². The van der Waals surface area contributed by atoms with Crippen LogP contribution in [0.1, 0.15) is 24.1 Å². The summed E-state index contributed by atoms with van der Waals surface area (Å²) in [4.78, 5) is 21.4. The van der Waals surface area contributed by atoms with Crippen molar-refractivity contribution in [1.29, 1.82) is 0 Å². The zero-order chi connectivity index (χ0) is 19.8. The summed E-state index contributed by atoms with van der Waals surface area (Å²) in [5.74, 6) is 0.981. The van der Waals surface area contributed by atoms with E-state index < -0.39 is 0 Å². The molecule has 1 aliphatic carbocycles. The number of hydrogen-bond donors (Lipinski definition) is 1. The maximum absolute atomic E-state index is 12.6. The fraction of sp³-hybridized carbons (Fsp3) is 0.381. The van der Waals surface area contributed by atoms with Crippen molar-refractivity contribution in [3.63, 3.8) is 0 Å². The highest BCUT2D eigenvalue weighted by Crippen LogP contribution is 2.30. The number of piperazine rings is 1. The second-order valence-electron chi connectivity index (χ2n) is 7.56. The lowest BCUT2D eigenvalue weighted by atomic mass is 9.97. The van der Waals surface area contributed by atoms with Crippen LogP contribution in [0.2, 0.25) is 5.02 Å². The quantitative estimate of drug-likeness (QED) is 0.700. The number of urea groups is 1. The molecule has 0 spiro atoms. The highest BCUT2D eigenvalue weighted by atomic mass is 35.5. The lowest BCUT2D eigenvalue weighted by molar-refractivity contribution is 0.208. The molecule has 0 atom stereocenters. The highest BCUT2D eigenvalue weighted by Gasteiger charge is 2.26. The second kappa shape index (κ2) is 7.55. The molecule has 1 N–H and O–H groups in total. The van der Waals surface area contributed by atoms with Crippen LogP contribution in [0.5, 0.6) is 0 Å². The molecule has 1 saturated heterocycles. The second-order valence-corrected chi connectivity index (χ2v) is 7.97. The number of aromatic nitrogens is 3. The minimum atomic E-state index is -0.120. The van der Waals surface area contributed by atoms with Gasteiger partial charge in [-0.2, -0.15) is 5.10 Å². The van der Waals surface area contributed by atoms with Crippen molar-refractivity contribution in [2.75, 3.05) is 36.4 Å². The number of aryl methyl sites for hydroxylation is 2. The Labute approximate surface area is 174 Å². The molecular weight excluding hydrogens is 388 g/mol. The molecule has 1 aromatic carbocycles. The van der Waals surface area contributed by atoms with Crippen molar-refractivity contribution in [2.45, 2.75) is 25.7 Å². The van der Waals surface area contributed by atoms with Gasteiger partial charge in [0.25, 0.3) is 0 Å². The SMILES string of the molecule is O=C(Nc1ccccc1Cl)N1CCN(c2nccn3nc4c(c23)CCCC4)CC1. The molecule has 0 saturated carbocycles. The summed E-state index contributed by atoms with van der Waals surface area (Å²) < 4.78 is 1.98. The first-order valence-electron chi connectivity index (χ1n) is 10.1. The summed E-state index contributed by atoms with van der Waals surface area (Å²) in [5.41, 5.74) is 4.33. The first-order valence-corrected chi connectivity index (χ1v) is 10.5. The molecule has 0 unspecified atom stereocenters. The van der Waals surface area contributed by atoms with Crippen LogP contribution >= 0.6 is 11.6 Å². The van der Waals surface area contributed by atoms with Gasteiger partial charge in [0.15, 0.2) is 5.82 Å². The Hall–Kier alpha value is -2.80. The van der Waals surface area contributed by atoms with Gasteiger partial charge in [-0.1, -0.05) is 23.7 Å². The molecule has 3 aromatic rings. The van der Waals surface area contributed by atoms with Gasteiger partial charge in [0.2, 0.25) is 0 Å². The zero-order valence-electron chi connectivity index (χ0n) is 16.1. The van der Waals surface area contributed by atoms with E-state index in [1.54, 1.807) is 6.07 Å². The van der Waals surface area contributed by atoms with Crippen LogP contribution in [0, 0.1) is 0 Å². The van der Waals surface area contributed by atoms with Gasteiger partial charge in [-0.15, -0.1) is 0 Å². The number of nitrogens with zero attached hydrogens (tertiary/aromatic N) is 5. The van der Waals surface area contributed by atoms with Crippen LogP contribution < -0.4 is 10.2 Å². The number of anilines is 2. The number of nitrogens with one attached hydrogen (secondary N) is 1. The van der Waals surface area contributed by atoms with E-state index in [2.05, 4.69) is 15.2 Å². The average molecular weight is 411 g/mol. The van der Waals surface area contributed by atoms with E-state index in [4.69, 9.17) is 16.7 Å². The van der Waals surface area contributed by atoms with Crippen molar-refractivity contribution < 1.29 is 4.79 Å². The molecule has 1 fully saturated rings. The molecule has 8 heteroatoms. The third-order valence-corrected chi connectivity index (χ3v) is 6.11. The summed E-state index contributed by atoms with van der Waals surface area (Å²) in [7, 11) is 0. The molecule has 5 rings (SSSR count). The summed E-state index contributed by atoms with van der Waals surface area (Å²) in [6, 6.07) is 7.17. The van der Waals surface area contributed by atoms with E-state index in [-0.39, 0.29) is 6.03 Å². The number of rotatable bonds is 2. The van der Waals surface area contributed by atoms with Crippen LogP contribution in [0.3, 0.4) is 0 Å². The number of hydrogen-bond acceptors (Lipinski definition) is 4. The number of amides is 2. The topological polar surface area (TPSA) is 65.8 Å². The largest absolute Gasteiger partial charge is 0.351 e. The lowest BCUT2D eigenvalue weighted by Gasteiger charge is -2.35. The molecule has 29 heavy (non-hydrogen) atoms. The Morgan fingerprint density at radius 1 is 1.07 bits per heavy atom. The van der Waals surface area contributed by atoms with Gasteiger partial charge in [-0.3, -0.25) is 0 Å². The monoisotopic (exact) mass is 410 g/mol. The fourth-order valence-electron chi connectivity index (χ4n) is 4.26. The number of halogens is 1. The van der Waals surface area contributed by atoms with Crippen LogP contribution in [0.4, 0.5) is 16.3 Å². The Morgan fingerprint density at radius 2 is 1.86 bits per heavy atom. The summed E-state index contributed by atoms with van der Waals surface area (Å²) >= 11 is 6.16. The van der Waals surface area contributed by atoms with Gasteiger partial charge in [0.05, 0.1) is 16.4 Å². The maximum Gasteiger partial charge on any atom is 0.322 e. The van der Waals surface area contributed by atoms with Crippen molar-refractivity contribution in [1.82, 2.24) is 19.5 Å². The number of carbonyl (C=O) groups is 1. The molecule has 0 radical (unpaired) electrons. The van der Waals surface area contributed by atoms with Crippen LogP contribution in [-0.2, 0) is 12.8 Å². The molecular formula is C21H23ClN6O. The van der Waals surface area contributed by atoms with E-state index in [0.29, 0.717) is 23.8 Å². The normalized spacial score (nSPS) is 16.7. The molecule has 1 aliphatic heterocycles. The smallest absolute Gasteiger partial charge is 0.322 e. The van der Waals surface area contributed by atoms with Gasteiger partial charge in [0, 0.05) is 44.1 Å². The molecule has 7 nitrogen and oxygen atoms in total. The average Bonchev–Trinajstić information content (AvgIpc) is 3.14. The zero-order valence-corrected chi connectivity index (χ0v) is 16.9. The number of fused-ring (bicyclic) bond motifs is 3. The number of para-hydroxylation sites is 1. The van der Waals surface area contributed by atoms with E-state index >= 15 is 0 Å². The third-order valence-electron chi connectivity index (χ3n) is 5.78. The summed E-state index contributed by atoms with van der Waals surface area (Å²) in [5, 5.41) is 8.22. The molecule has 2 amide bonds. The summed E-state index contributed by atoms with van der Waals surface area (Å²) in [6.45, 7) is 2.75. The van der Waals surface area contributed by atoms with Crippen molar-refractivity contribution in [3.05, 3.63) is 52.9 Å². The molecule has 2 aliphatic rings. The molecule has 2 aromatic heterocycles. The van der Waals surface area contributed by atoms with E-state index in [9.17, 15) is 4.79 Å². The molecule has 0 bridgehead atoms. The fourth-order valence-corrected chi connectivity index (χ4v) is 4.44. The standard InChI is InChI=1S/C21H23ClN6O/c22-16-6-2-4-8-18(16)24-21(29)27-13-11-26(12-14-27)20-19-15-5-1-3-7-17(15)25-28(19)10-9-23-20/h2,4,6,8-10H,1,3,5,7,11-14H2,(H,24,29). The van der Waals surface area contributed by atoms with Gasteiger partial charge in [-0.05, 0) is 37.8 Å². The maximum atomic E-state index is 12.6. The Morgan fingerprint density at radius 3 is 2.69 bits per heavy atom. The minimum absolute atomic E-state index is 0.120. The van der Waals surface area contributed by atoms with E-state index in [0.717, 1.165) is 37.3 Å². The van der Waals surface area contributed by atoms with Gasteiger partial charge in [-0.25, -0.2) is 14.3 Å². The number of benzene rings is 1. The Balaban J connectivity index is 1.32. The first kappa shape index (κ1) is 18.2. The predicted molar refractivity (Wildman–Crippen MR) is 114 cm³/mol. The van der Waals surface area contributed by atoms with Gasteiger partial charge < -0.3 is 15.1 Å². The first-order chi connectivity index (χ1) is 14.2. The van der Waals surface area contributed by atoms with Gasteiger partial charge in [0.1, 0.15) is 5.52 Å². The predicted octanol–water partition coefficient (Wildman–Crippen LogP) is 3.62. The van der Waals surface area contributed by atoms with Crippen LogP contribution in [-0.4, -0.2) is 51.7 Å². The highest BCUT2D eigenvalue weighted by molar-refractivity contribution is 6.33.